The largest absolute Gasteiger partial charge is 0.369 e. The molecule has 12 heteroatoms. The van der Waals surface area contributed by atoms with Gasteiger partial charge >= 0.3 is 0 Å². The van der Waals surface area contributed by atoms with Crippen molar-refractivity contribution in [3.8, 4) is 0 Å². The lowest BCUT2D eigenvalue weighted by Gasteiger charge is -2.34. The summed E-state index contributed by atoms with van der Waals surface area (Å²) >= 11 is 0. The standard InChI is InChI=1S/2C10H15N3O2S/c2*11-16(14,15)13-8-6-12(7-9-13)10-4-2-1-3-5-10/h2*1-5H,6-9H2,(H2,11,14,15). The molecule has 2 saturated heterocycles. The van der Waals surface area contributed by atoms with Crippen molar-refractivity contribution in [2.45, 2.75) is 0 Å². The van der Waals surface area contributed by atoms with Crippen LogP contribution in [0, 0.1) is 0 Å². The van der Waals surface area contributed by atoms with Gasteiger partial charge in [0, 0.05) is 63.7 Å². The molecule has 10 nitrogen and oxygen atoms in total. The second-order valence-corrected chi connectivity index (χ2v) is 10.6. The maximum absolute atomic E-state index is 11.1. The third-order valence-corrected chi connectivity index (χ3v) is 7.61. The smallest absolute Gasteiger partial charge is 0.277 e. The van der Waals surface area contributed by atoms with Crippen LogP contribution in [0.25, 0.3) is 0 Å². The lowest BCUT2D eigenvalue weighted by Crippen LogP contribution is -2.50. The van der Waals surface area contributed by atoms with E-state index in [1.54, 1.807) is 0 Å². The van der Waals surface area contributed by atoms with Crippen molar-refractivity contribution in [2.24, 2.45) is 10.3 Å². The summed E-state index contributed by atoms with van der Waals surface area (Å²) in [7, 11) is -7.05. The Morgan fingerprint density at radius 1 is 0.500 bits per heavy atom. The number of piperazine rings is 2. The maximum atomic E-state index is 11.1. The number of hydrogen-bond acceptors (Lipinski definition) is 6. The van der Waals surface area contributed by atoms with E-state index < -0.39 is 20.4 Å². The molecule has 2 aromatic rings. The van der Waals surface area contributed by atoms with Gasteiger partial charge in [0.05, 0.1) is 0 Å². The van der Waals surface area contributed by atoms with Gasteiger partial charge in [0.15, 0.2) is 0 Å². The van der Waals surface area contributed by atoms with E-state index in [4.69, 9.17) is 10.3 Å². The van der Waals surface area contributed by atoms with Crippen molar-refractivity contribution >= 4 is 31.8 Å². The Balaban J connectivity index is 0.000000181. The predicted octanol–water partition coefficient (Wildman–Crippen LogP) is 0.0242. The van der Waals surface area contributed by atoms with Crippen LogP contribution < -0.4 is 20.1 Å². The summed E-state index contributed by atoms with van der Waals surface area (Å²) in [5.74, 6) is 0. The highest BCUT2D eigenvalue weighted by Crippen LogP contribution is 2.17. The van der Waals surface area contributed by atoms with Crippen molar-refractivity contribution in [1.82, 2.24) is 8.61 Å². The van der Waals surface area contributed by atoms with Crippen molar-refractivity contribution in [3.63, 3.8) is 0 Å². The Hall–Kier alpha value is -2.22. The lowest BCUT2D eigenvalue weighted by molar-refractivity contribution is 0.385. The molecule has 0 bridgehead atoms. The molecule has 4 rings (SSSR count). The van der Waals surface area contributed by atoms with E-state index in [1.165, 1.54) is 8.61 Å². The van der Waals surface area contributed by atoms with Gasteiger partial charge in [-0.3, -0.25) is 0 Å². The van der Waals surface area contributed by atoms with Gasteiger partial charge in [0.25, 0.3) is 20.4 Å². The van der Waals surface area contributed by atoms with Crippen LogP contribution >= 0.6 is 0 Å². The first-order valence-corrected chi connectivity index (χ1v) is 13.3. The molecular weight excluding hydrogens is 452 g/mol. The number of nitrogens with two attached hydrogens (primary N) is 2. The Labute approximate surface area is 190 Å². The van der Waals surface area contributed by atoms with Gasteiger partial charge in [-0.05, 0) is 24.3 Å². The number of hydrogen-bond donors (Lipinski definition) is 2. The summed E-state index contributed by atoms with van der Waals surface area (Å²) in [5, 5.41) is 10.1. The highest BCUT2D eigenvalue weighted by molar-refractivity contribution is 7.87. The second-order valence-electron chi connectivity index (χ2n) is 7.53. The maximum Gasteiger partial charge on any atom is 0.277 e. The SMILES string of the molecule is NS(=O)(=O)N1CCN(c2ccccc2)CC1.NS(=O)(=O)N1CCN(c2ccccc2)CC1. The van der Waals surface area contributed by atoms with Gasteiger partial charge in [-0.15, -0.1) is 0 Å². The van der Waals surface area contributed by atoms with Crippen LogP contribution in [0.15, 0.2) is 60.7 Å². The summed E-state index contributed by atoms with van der Waals surface area (Å²) in [6.45, 7) is 4.53. The fourth-order valence-corrected chi connectivity index (χ4v) is 5.02. The molecule has 0 unspecified atom stereocenters. The molecule has 0 aromatic heterocycles. The molecule has 0 amide bonds. The topological polar surface area (TPSA) is 133 Å². The Morgan fingerprint density at radius 3 is 1.03 bits per heavy atom. The van der Waals surface area contributed by atoms with Gasteiger partial charge in [0.2, 0.25) is 0 Å². The van der Waals surface area contributed by atoms with Gasteiger partial charge in [0.1, 0.15) is 0 Å². The van der Waals surface area contributed by atoms with Gasteiger partial charge in [-0.25, -0.2) is 10.3 Å². The summed E-state index contributed by atoms with van der Waals surface area (Å²) in [4.78, 5) is 4.31. The second kappa shape index (κ2) is 10.6. The first-order valence-electron chi connectivity index (χ1n) is 10.3. The van der Waals surface area contributed by atoms with E-state index in [9.17, 15) is 16.8 Å². The minimum Gasteiger partial charge on any atom is -0.369 e. The Bertz CT molecular complexity index is 964. The zero-order chi connectivity index (χ0) is 23.2. The summed E-state index contributed by atoms with van der Waals surface area (Å²) in [6, 6.07) is 19.9. The van der Waals surface area contributed by atoms with Gasteiger partial charge < -0.3 is 9.80 Å². The zero-order valence-corrected chi connectivity index (χ0v) is 19.5. The van der Waals surface area contributed by atoms with E-state index in [-0.39, 0.29) is 0 Å². The highest BCUT2D eigenvalue weighted by Gasteiger charge is 2.24. The monoisotopic (exact) mass is 482 g/mol. The molecule has 0 radical (unpaired) electrons. The quantitative estimate of drug-likeness (QED) is 0.631. The first-order chi connectivity index (χ1) is 15.1. The van der Waals surface area contributed by atoms with Crippen LogP contribution in [0.2, 0.25) is 0 Å². The minimum absolute atomic E-state index is 0.452. The number of anilines is 2. The molecule has 2 fully saturated rings. The summed E-state index contributed by atoms with van der Waals surface area (Å²) in [5.41, 5.74) is 2.24. The van der Waals surface area contributed by atoms with Gasteiger partial charge in [-0.1, -0.05) is 36.4 Å². The lowest BCUT2D eigenvalue weighted by atomic mass is 10.2. The van der Waals surface area contributed by atoms with Crippen molar-refractivity contribution in [2.75, 3.05) is 62.2 Å². The third-order valence-electron chi connectivity index (χ3n) is 5.44. The number of para-hydroxylation sites is 2. The Morgan fingerprint density at radius 2 is 0.781 bits per heavy atom. The first kappa shape index (κ1) is 24.4. The van der Waals surface area contributed by atoms with E-state index >= 15 is 0 Å². The summed E-state index contributed by atoms with van der Waals surface area (Å²) < 4.78 is 47.1. The normalized spacial score (nSPS) is 18.7. The highest BCUT2D eigenvalue weighted by atomic mass is 32.2. The molecule has 2 aliphatic rings. The minimum atomic E-state index is -3.52. The molecule has 2 aliphatic heterocycles. The van der Waals surface area contributed by atoms with Crippen molar-refractivity contribution in [1.29, 1.82) is 0 Å². The average molecular weight is 483 g/mol. The van der Waals surface area contributed by atoms with Crippen LogP contribution in [-0.2, 0) is 20.4 Å². The van der Waals surface area contributed by atoms with E-state index in [2.05, 4.69) is 9.80 Å². The molecule has 0 aliphatic carbocycles. The fourth-order valence-electron chi connectivity index (χ4n) is 3.68. The molecule has 176 valence electrons. The van der Waals surface area contributed by atoms with Gasteiger partial charge in [-0.2, -0.15) is 25.4 Å². The van der Waals surface area contributed by atoms with Crippen LogP contribution in [-0.4, -0.2) is 77.8 Å². The number of rotatable bonds is 4. The predicted molar refractivity (Wildman–Crippen MR) is 127 cm³/mol. The average Bonchev–Trinajstić information content (AvgIpc) is 2.80. The molecular formula is C20H30N6O4S2. The number of nitrogens with zero attached hydrogens (tertiary/aromatic N) is 4. The zero-order valence-electron chi connectivity index (χ0n) is 17.8. The van der Waals surface area contributed by atoms with Crippen LogP contribution in [0.3, 0.4) is 0 Å². The van der Waals surface area contributed by atoms with Crippen LogP contribution in [0.4, 0.5) is 11.4 Å². The third kappa shape index (κ3) is 6.89. The number of benzene rings is 2. The molecule has 0 spiro atoms. The van der Waals surface area contributed by atoms with Crippen molar-refractivity contribution < 1.29 is 16.8 Å². The molecule has 2 aromatic carbocycles. The molecule has 4 N–H and O–H groups in total. The van der Waals surface area contributed by atoms with Crippen LogP contribution in [0.5, 0.6) is 0 Å². The van der Waals surface area contributed by atoms with Crippen molar-refractivity contribution in [3.05, 3.63) is 60.7 Å². The van der Waals surface area contributed by atoms with E-state index in [1.807, 2.05) is 60.7 Å². The van der Waals surface area contributed by atoms with E-state index in [0.29, 0.717) is 52.4 Å². The van der Waals surface area contributed by atoms with E-state index in [0.717, 1.165) is 11.4 Å². The summed E-state index contributed by atoms with van der Waals surface area (Å²) in [6.07, 6.45) is 0. The fraction of sp³-hybridized carbons (Fsp3) is 0.400. The molecule has 0 atom stereocenters. The molecule has 0 saturated carbocycles. The molecule has 32 heavy (non-hydrogen) atoms. The van der Waals surface area contributed by atoms with Crippen LogP contribution in [0.1, 0.15) is 0 Å². The molecule has 2 heterocycles. The Kier molecular flexibility index (Phi) is 8.09.